The van der Waals surface area contributed by atoms with E-state index in [2.05, 4.69) is 5.32 Å². The Labute approximate surface area is 106 Å². The van der Waals surface area contributed by atoms with Gasteiger partial charge >= 0.3 is 5.97 Å². The van der Waals surface area contributed by atoms with Crippen molar-refractivity contribution in [1.29, 1.82) is 0 Å². The fourth-order valence-corrected chi connectivity index (χ4v) is 1.91. The molecule has 0 saturated carbocycles. The average Bonchev–Trinajstić information content (AvgIpc) is 2.26. The first kappa shape index (κ1) is 13.2. The molecule has 5 nitrogen and oxygen atoms in total. The van der Waals surface area contributed by atoms with Crippen LogP contribution in [0, 0.1) is 3.57 Å². The van der Waals surface area contributed by atoms with E-state index >= 15 is 0 Å². The van der Waals surface area contributed by atoms with E-state index in [9.17, 15) is 4.79 Å². The lowest BCUT2D eigenvalue weighted by molar-refractivity contribution is 0.0696. The van der Waals surface area contributed by atoms with E-state index in [1.807, 2.05) is 22.6 Å². The lowest BCUT2D eigenvalue weighted by Gasteiger charge is -2.12. The van der Waals surface area contributed by atoms with Crippen LogP contribution in [-0.2, 0) is 0 Å². The van der Waals surface area contributed by atoms with Crippen LogP contribution in [-0.4, -0.2) is 40.5 Å². The fourth-order valence-electron chi connectivity index (χ4n) is 1.13. The van der Waals surface area contributed by atoms with Gasteiger partial charge in [0.1, 0.15) is 0 Å². The molecule has 0 saturated heterocycles. The highest BCUT2D eigenvalue weighted by molar-refractivity contribution is 14.1. The maximum atomic E-state index is 10.8. The summed E-state index contributed by atoms with van der Waals surface area (Å²) in [4.78, 5) is 10.8. The highest BCUT2D eigenvalue weighted by atomic mass is 127. The Hall–Kier alpha value is -0.860. The van der Waals surface area contributed by atoms with E-state index in [1.54, 1.807) is 12.1 Å². The van der Waals surface area contributed by atoms with Gasteiger partial charge in [0.05, 0.1) is 21.8 Å². The minimum absolute atomic E-state index is 0.176. The van der Waals surface area contributed by atoms with Crippen LogP contribution >= 0.6 is 22.6 Å². The summed E-state index contributed by atoms with van der Waals surface area (Å²) in [7, 11) is 0. The summed E-state index contributed by atoms with van der Waals surface area (Å²) in [5.41, 5.74) is 0.845. The molecular weight excluding hydrogens is 325 g/mol. The highest BCUT2D eigenvalue weighted by Gasteiger charge is 2.11. The van der Waals surface area contributed by atoms with E-state index in [0.29, 0.717) is 9.26 Å². The molecule has 0 aliphatic carbocycles. The number of carbonyl (C=O) groups is 1. The van der Waals surface area contributed by atoms with Gasteiger partial charge in [0.25, 0.3) is 0 Å². The van der Waals surface area contributed by atoms with Crippen LogP contribution in [0.25, 0.3) is 0 Å². The van der Waals surface area contributed by atoms with Gasteiger partial charge in [0.2, 0.25) is 0 Å². The third kappa shape index (κ3) is 3.32. The number of aliphatic hydroxyl groups excluding tert-OH is 2. The van der Waals surface area contributed by atoms with Crippen LogP contribution in [0.1, 0.15) is 10.4 Å². The molecule has 6 heteroatoms. The quantitative estimate of drug-likeness (QED) is 0.596. The number of benzene rings is 1. The molecule has 88 valence electrons. The molecule has 0 amide bonds. The molecule has 0 fully saturated rings. The van der Waals surface area contributed by atoms with Crippen molar-refractivity contribution in [2.75, 3.05) is 18.5 Å². The zero-order chi connectivity index (χ0) is 12.1. The molecule has 0 bridgehead atoms. The van der Waals surface area contributed by atoms with Gasteiger partial charge in [-0.2, -0.15) is 0 Å². The first-order chi connectivity index (χ1) is 7.56. The van der Waals surface area contributed by atoms with Gasteiger partial charge in [-0.25, -0.2) is 4.79 Å². The summed E-state index contributed by atoms with van der Waals surface area (Å²) in [6.07, 6.45) is -0.857. The Morgan fingerprint density at radius 2 is 2.19 bits per heavy atom. The molecular formula is C10H12INO4. The van der Waals surface area contributed by atoms with Crippen LogP contribution in [0.15, 0.2) is 18.2 Å². The van der Waals surface area contributed by atoms with Gasteiger partial charge in [-0.3, -0.25) is 0 Å². The normalized spacial score (nSPS) is 12.2. The van der Waals surface area contributed by atoms with Gasteiger partial charge in [-0.1, -0.05) is 6.07 Å². The number of hydrogen-bond acceptors (Lipinski definition) is 4. The molecule has 1 aromatic rings. The SMILES string of the molecule is O=C(O)c1cccc(NCC(O)CO)c1I. The molecule has 1 atom stereocenters. The first-order valence-corrected chi connectivity index (χ1v) is 5.68. The van der Waals surface area contributed by atoms with Gasteiger partial charge in [-0.05, 0) is 34.7 Å². The molecule has 0 aliphatic rings. The zero-order valence-electron chi connectivity index (χ0n) is 8.35. The van der Waals surface area contributed by atoms with Crippen LogP contribution in [0.5, 0.6) is 0 Å². The Balaban J connectivity index is 2.81. The number of nitrogens with one attached hydrogen (secondary N) is 1. The standard InChI is InChI=1S/C10H12INO4/c11-9-7(10(15)16)2-1-3-8(9)12-4-6(14)5-13/h1-3,6,12-14H,4-5H2,(H,15,16). The van der Waals surface area contributed by atoms with Gasteiger partial charge in [0, 0.05) is 12.2 Å². The predicted molar refractivity (Wildman–Crippen MR) is 67.7 cm³/mol. The number of anilines is 1. The maximum Gasteiger partial charge on any atom is 0.336 e. The van der Waals surface area contributed by atoms with Gasteiger partial charge in [-0.15, -0.1) is 0 Å². The summed E-state index contributed by atoms with van der Waals surface area (Å²) in [6, 6.07) is 4.86. The van der Waals surface area contributed by atoms with E-state index in [-0.39, 0.29) is 18.7 Å². The Morgan fingerprint density at radius 3 is 2.75 bits per heavy atom. The average molecular weight is 337 g/mol. The molecule has 4 N–H and O–H groups in total. The van der Waals surface area contributed by atoms with Crippen molar-refractivity contribution < 1.29 is 20.1 Å². The minimum Gasteiger partial charge on any atom is -0.478 e. The second-order valence-electron chi connectivity index (χ2n) is 3.19. The summed E-state index contributed by atoms with van der Waals surface area (Å²) >= 11 is 1.93. The van der Waals surface area contributed by atoms with Gasteiger partial charge in [0.15, 0.2) is 0 Å². The molecule has 1 aromatic carbocycles. The Kier molecular flexibility index (Phi) is 4.97. The Bertz CT molecular complexity index is 383. The zero-order valence-corrected chi connectivity index (χ0v) is 10.5. The van der Waals surface area contributed by atoms with Crippen molar-refractivity contribution in [2.45, 2.75) is 6.10 Å². The minimum atomic E-state index is -0.990. The van der Waals surface area contributed by atoms with E-state index < -0.39 is 12.1 Å². The van der Waals surface area contributed by atoms with E-state index in [0.717, 1.165) is 0 Å². The molecule has 0 radical (unpaired) electrons. The third-order valence-electron chi connectivity index (χ3n) is 1.97. The van der Waals surface area contributed by atoms with Crippen LogP contribution in [0.3, 0.4) is 0 Å². The summed E-state index contributed by atoms with van der Waals surface area (Å²) in [5.74, 6) is -0.990. The molecule has 0 aliphatic heterocycles. The lowest BCUT2D eigenvalue weighted by atomic mass is 10.2. The molecule has 1 rings (SSSR count). The summed E-state index contributed by atoms with van der Waals surface area (Å²) < 4.78 is 0.581. The molecule has 0 spiro atoms. The highest BCUT2D eigenvalue weighted by Crippen LogP contribution is 2.22. The Morgan fingerprint density at radius 1 is 1.50 bits per heavy atom. The third-order valence-corrected chi connectivity index (χ3v) is 3.13. The van der Waals surface area contributed by atoms with Gasteiger partial charge < -0.3 is 20.6 Å². The number of halogens is 1. The van der Waals surface area contributed by atoms with E-state index in [4.69, 9.17) is 15.3 Å². The lowest BCUT2D eigenvalue weighted by Crippen LogP contribution is -2.23. The number of carboxylic acid groups (broad SMARTS) is 1. The second-order valence-corrected chi connectivity index (χ2v) is 4.27. The smallest absolute Gasteiger partial charge is 0.336 e. The topological polar surface area (TPSA) is 89.8 Å². The van der Waals surface area contributed by atoms with Crippen molar-refractivity contribution >= 4 is 34.2 Å². The number of hydrogen-bond donors (Lipinski definition) is 4. The predicted octanol–water partition coefficient (Wildman–Crippen LogP) is 0.754. The second kappa shape index (κ2) is 6.02. The summed E-state index contributed by atoms with van der Waals surface area (Å²) in [6.45, 7) is -0.155. The monoisotopic (exact) mass is 337 g/mol. The summed E-state index contributed by atoms with van der Waals surface area (Å²) in [5, 5.41) is 29.6. The van der Waals surface area contributed by atoms with Crippen molar-refractivity contribution in [2.24, 2.45) is 0 Å². The number of aromatic carboxylic acids is 1. The van der Waals surface area contributed by atoms with Crippen molar-refractivity contribution in [3.8, 4) is 0 Å². The maximum absolute atomic E-state index is 10.8. The molecule has 1 unspecified atom stereocenters. The first-order valence-electron chi connectivity index (χ1n) is 4.61. The molecule has 16 heavy (non-hydrogen) atoms. The van der Waals surface area contributed by atoms with Crippen LogP contribution in [0.2, 0.25) is 0 Å². The molecule has 0 heterocycles. The molecule has 0 aromatic heterocycles. The van der Waals surface area contributed by atoms with Crippen LogP contribution in [0.4, 0.5) is 5.69 Å². The fraction of sp³-hybridized carbons (Fsp3) is 0.300. The largest absolute Gasteiger partial charge is 0.478 e. The van der Waals surface area contributed by atoms with Crippen molar-refractivity contribution in [3.05, 3.63) is 27.3 Å². The van der Waals surface area contributed by atoms with Crippen molar-refractivity contribution in [1.82, 2.24) is 0 Å². The number of carboxylic acids is 1. The number of rotatable bonds is 5. The number of aliphatic hydroxyl groups is 2. The van der Waals surface area contributed by atoms with Crippen molar-refractivity contribution in [3.63, 3.8) is 0 Å². The van der Waals surface area contributed by atoms with Crippen LogP contribution < -0.4 is 5.32 Å². The van der Waals surface area contributed by atoms with E-state index in [1.165, 1.54) is 6.07 Å².